The monoisotopic (exact) mass is 198 g/mol. The number of amides is 1. The number of nitrogens with one attached hydrogen (secondary N) is 1. The third-order valence-electron chi connectivity index (χ3n) is 3.16. The second kappa shape index (κ2) is 4.78. The van der Waals surface area contributed by atoms with E-state index in [9.17, 15) is 4.79 Å². The Bertz CT molecular complexity index is 195. The second-order valence-electron chi connectivity index (χ2n) is 4.88. The van der Waals surface area contributed by atoms with Crippen LogP contribution in [0.5, 0.6) is 0 Å². The van der Waals surface area contributed by atoms with E-state index in [1.54, 1.807) is 6.92 Å². The van der Waals surface area contributed by atoms with Crippen LogP contribution < -0.4 is 11.1 Å². The van der Waals surface area contributed by atoms with Crippen LogP contribution in [-0.2, 0) is 4.79 Å². The van der Waals surface area contributed by atoms with E-state index in [4.69, 9.17) is 5.73 Å². The van der Waals surface area contributed by atoms with Gasteiger partial charge in [-0.25, -0.2) is 0 Å². The first-order valence-corrected chi connectivity index (χ1v) is 5.57. The molecular weight excluding hydrogens is 176 g/mol. The summed E-state index contributed by atoms with van der Waals surface area (Å²) in [5, 5.41) is 2.93. The zero-order chi connectivity index (χ0) is 10.6. The molecule has 0 aromatic heterocycles. The van der Waals surface area contributed by atoms with Crippen molar-refractivity contribution < 1.29 is 4.79 Å². The van der Waals surface area contributed by atoms with E-state index >= 15 is 0 Å². The van der Waals surface area contributed by atoms with Crippen molar-refractivity contribution in [2.45, 2.75) is 52.0 Å². The average molecular weight is 198 g/mol. The van der Waals surface area contributed by atoms with Crippen LogP contribution in [0.1, 0.15) is 46.0 Å². The number of rotatable bonds is 3. The zero-order valence-corrected chi connectivity index (χ0v) is 9.31. The Balaban J connectivity index is 2.32. The number of hydrogen-bond donors (Lipinski definition) is 2. The Labute approximate surface area is 86.4 Å². The molecule has 1 aliphatic rings. The minimum Gasteiger partial charge on any atom is -0.354 e. The molecule has 1 amide bonds. The van der Waals surface area contributed by atoms with Crippen molar-refractivity contribution in [3.8, 4) is 0 Å². The largest absolute Gasteiger partial charge is 0.354 e. The summed E-state index contributed by atoms with van der Waals surface area (Å²) in [6.07, 6.45) is 6.39. The smallest absolute Gasteiger partial charge is 0.236 e. The van der Waals surface area contributed by atoms with Crippen LogP contribution in [0.3, 0.4) is 0 Å². The first-order valence-electron chi connectivity index (χ1n) is 5.57. The van der Waals surface area contributed by atoms with Gasteiger partial charge in [0.05, 0.1) is 6.04 Å². The van der Waals surface area contributed by atoms with Crippen LogP contribution in [0.4, 0.5) is 0 Å². The molecule has 3 heteroatoms. The lowest BCUT2D eigenvalue weighted by molar-refractivity contribution is -0.122. The van der Waals surface area contributed by atoms with Crippen molar-refractivity contribution in [1.29, 1.82) is 0 Å². The minimum absolute atomic E-state index is 0.0307. The molecule has 3 nitrogen and oxygen atoms in total. The fourth-order valence-corrected chi connectivity index (χ4v) is 2.04. The highest BCUT2D eigenvalue weighted by Gasteiger charge is 2.27. The van der Waals surface area contributed by atoms with E-state index in [1.165, 1.54) is 32.1 Å². The standard InChI is InChI=1S/C11H22N2O/c1-9(12)10(14)13-8-11(2)6-4-3-5-7-11/h9H,3-8,12H2,1-2H3,(H,13,14). The van der Waals surface area contributed by atoms with Crippen molar-refractivity contribution in [3.63, 3.8) is 0 Å². The normalized spacial score (nSPS) is 22.8. The summed E-state index contributed by atoms with van der Waals surface area (Å²) in [7, 11) is 0. The van der Waals surface area contributed by atoms with Gasteiger partial charge in [-0.1, -0.05) is 26.2 Å². The number of carbonyl (C=O) groups is 1. The quantitative estimate of drug-likeness (QED) is 0.720. The maximum absolute atomic E-state index is 11.3. The summed E-state index contributed by atoms with van der Waals surface area (Å²) < 4.78 is 0. The second-order valence-corrected chi connectivity index (χ2v) is 4.88. The van der Waals surface area contributed by atoms with Crippen molar-refractivity contribution in [2.75, 3.05) is 6.54 Å². The summed E-state index contributed by atoms with van der Waals surface area (Å²) in [4.78, 5) is 11.3. The van der Waals surface area contributed by atoms with Gasteiger partial charge in [0.25, 0.3) is 0 Å². The maximum atomic E-state index is 11.3. The summed E-state index contributed by atoms with van der Waals surface area (Å²) in [5.74, 6) is -0.0307. The van der Waals surface area contributed by atoms with Crippen molar-refractivity contribution in [1.82, 2.24) is 5.32 Å². The molecular formula is C11H22N2O. The average Bonchev–Trinajstić information content (AvgIpc) is 2.15. The Morgan fingerprint density at radius 1 is 1.43 bits per heavy atom. The number of carbonyl (C=O) groups excluding carboxylic acids is 1. The molecule has 0 spiro atoms. The number of nitrogens with two attached hydrogens (primary N) is 1. The van der Waals surface area contributed by atoms with Crippen molar-refractivity contribution >= 4 is 5.91 Å². The van der Waals surface area contributed by atoms with Gasteiger partial charge in [0.1, 0.15) is 0 Å². The topological polar surface area (TPSA) is 55.1 Å². The molecule has 0 saturated heterocycles. The Kier molecular flexibility index (Phi) is 3.93. The van der Waals surface area contributed by atoms with Crippen LogP contribution >= 0.6 is 0 Å². The third-order valence-corrected chi connectivity index (χ3v) is 3.16. The lowest BCUT2D eigenvalue weighted by Gasteiger charge is -2.33. The lowest BCUT2D eigenvalue weighted by Crippen LogP contribution is -2.43. The molecule has 1 fully saturated rings. The summed E-state index contributed by atoms with van der Waals surface area (Å²) >= 11 is 0. The van der Waals surface area contributed by atoms with E-state index in [1.807, 2.05) is 0 Å². The van der Waals surface area contributed by atoms with Crippen LogP contribution in [0.2, 0.25) is 0 Å². The van der Waals surface area contributed by atoms with E-state index in [2.05, 4.69) is 12.2 Å². The molecule has 0 aliphatic heterocycles. The zero-order valence-electron chi connectivity index (χ0n) is 9.31. The molecule has 3 N–H and O–H groups in total. The van der Waals surface area contributed by atoms with E-state index in [0.29, 0.717) is 5.41 Å². The number of hydrogen-bond acceptors (Lipinski definition) is 2. The molecule has 0 bridgehead atoms. The van der Waals surface area contributed by atoms with Crippen LogP contribution in [0, 0.1) is 5.41 Å². The molecule has 1 rings (SSSR count). The highest BCUT2D eigenvalue weighted by molar-refractivity contribution is 5.80. The van der Waals surface area contributed by atoms with Gasteiger partial charge in [-0.15, -0.1) is 0 Å². The molecule has 1 aliphatic carbocycles. The molecule has 14 heavy (non-hydrogen) atoms. The molecule has 0 aromatic rings. The third kappa shape index (κ3) is 3.29. The molecule has 1 atom stereocenters. The Hall–Kier alpha value is -0.570. The van der Waals surface area contributed by atoms with Gasteiger partial charge in [-0.2, -0.15) is 0 Å². The maximum Gasteiger partial charge on any atom is 0.236 e. The fraction of sp³-hybridized carbons (Fsp3) is 0.909. The molecule has 82 valence electrons. The van der Waals surface area contributed by atoms with E-state index in [0.717, 1.165) is 6.54 Å². The van der Waals surface area contributed by atoms with Crippen LogP contribution in [0.25, 0.3) is 0 Å². The minimum atomic E-state index is -0.387. The molecule has 0 radical (unpaired) electrons. The first kappa shape index (κ1) is 11.5. The predicted molar refractivity (Wildman–Crippen MR) is 57.9 cm³/mol. The predicted octanol–water partition coefficient (Wildman–Crippen LogP) is 1.42. The van der Waals surface area contributed by atoms with Crippen molar-refractivity contribution in [3.05, 3.63) is 0 Å². The van der Waals surface area contributed by atoms with Gasteiger partial charge >= 0.3 is 0 Å². The molecule has 1 saturated carbocycles. The SMILES string of the molecule is CC(N)C(=O)NCC1(C)CCCCC1. The van der Waals surface area contributed by atoms with Gasteiger partial charge in [0.2, 0.25) is 5.91 Å². The Morgan fingerprint density at radius 2 is 2.00 bits per heavy atom. The lowest BCUT2D eigenvalue weighted by atomic mass is 9.76. The fourth-order valence-electron chi connectivity index (χ4n) is 2.04. The van der Waals surface area contributed by atoms with Gasteiger partial charge < -0.3 is 11.1 Å². The van der Waals surface area contributed by atoms with E-state index < -0.39 is 0 Å². The molecule has 0 aromatic carbocycles. The van der Waals surface area contributed by atoms with Crippen LogP contribution in [0.15, 0.2) is 0 Å². The van der Waals surface area contributed by atoms with Crippen LogP contribution in [-0.4, -0.2) is 18.5 Å². The first-order chi connectivity index (χ1) is 6.53. The van der Waals surface area contributed by atoms with E-state index in [-0.39, 0.29) is 11.9 Å². The summed E-state index contributed by atoms with van der Waals surface area (Å²) in [6, 6.07) is -0.387. The van der Waals surface area contributed by atoms with Gasteiger partial charge in [0.15, 0.2) is 0 Å². The highest BCUT2D eigenvalue weighted by Crippen LogP contribution is 2.34. The van der Waals surface area contributed by atoms with Gasteiger partial charge in [0, 0.05) is 6.54 Å². The van der Waals surface area contributed by atoms with Crippen molar-refractivity contribution in [2.24, 2.45) is 11.1 Å². The highest BCUT2D eigenvalue weighted by atomic mass is 16.2. The summed E-state index contributed by atoms with van der Waals surface area (Å²) in [6.45, 7) is 4.76. The molecule has 1 unspecified atom stereocenters. The Morgan fingerprint density at radius 3 is 2.50 bits per heavy atom. The van der Waals surface area contributed by atoms with Gasteiger partial charge in [-0.3, -0.25) is 4.79 Å². The summed E-state index contributed by atoms with van der Waals surface area (Å²) in [5.41, 5.74) is 5.79. The van der Waals surface area contributed by atoms with Gasteiger partial charge in [-0.05, 0) is 25.2 Å². The molecule has 0 heterocycles.